The van der Waals surface area contributed by atoms with E-state index in [1.807, 2.05) is 22.7 Å². The van der Waals surface area contributed by atoms with E-state index in [1.54, 1.807) is 0 Å². The van der Waals surface area contributed by atoms with Crippen molar-refractivity contribution in [3.05, 3.63) is 152 Å². The second kappa shape index (κ2) is 10.4. The molecule has 2 aromatic heterocycles. The normalized spacial score (nSPS) is 14.8. The fourth-order valence-electron chi connectivity index (χ4n) is 9.55. The fourth-order valence-corrected chi connectivity index (χ4v) is 15.1. The van der Waals surface area contributed by atoms with Crippen molar-refractivity contribution in [2.75, 3.05) is 9.80 Å². The molecular weight excluding hydrogens is 684 g/mol. The van der Waals surface area contributed by atoms with Gasteiger partial charge >= 0.3 is 0 Å². The van der Waals surface area contributed by atoms with Crippen molar-refractivity contribution in [2.45, 2.75) is 13.1 Å². The van der Waals surface area contributed by atoms with E-state index in [1.165, 1.54) is 102 Å². The maximum atomic E-state index is 2.66. The van der Waals surface area contributed by atoms with Crippen LogP contribution in [0, 0.1) is 0 Å². The fraction of sp³-hybridized carbons (Fsp3) is 0.0435. The van der Waals surface area contributed by atoms with Crippen molar-refractivity contribution >= 4 is 128 Å². The van der Waals surface area contributed by atoms with Crippen molar-refractivity contribution < 1.29 is 0 Å². The summed E-state index contributed by atoms with van der Waals surface area (Å²) in [5, 5.41) is 7.02. The van der Waals surface area contributed by atoms with Crippen LogP contribution >= 0.6 is 22.7 Å². The summed E-state index contributed by atoms with van der Waals surface area (Å²) in [4.78, 5) is 5.24. The summed E-state index contributed by atoms with van der Waals surface area (Å²) in [6.07, 6.45) is 0. The number of hydrogen-bond donors (Lipinski definition) is 0. The van der Waals surface area contributed by atoms with Gasteiger partial charge in [0.1, 0.15) is 8.07 Å². The first kappa shape index (κ1) is 29.2. The van der Waals surface area contributed by atoms with Gasteiger partial charge in [-0.15, -0.1) is 22.7 Å². The molecule has 0 aliphatic carbocycles. The van der Waals surface area contributed by atoms with Crippen molar-refractivity contribution in [3.63, 3.8) is 0 Å². The first-order valence-electron chi connectivity index (χ1n) is 18.1. The van der Waals surface area contributed by atoms with Gasteiger partial charge in [-0.1, -0.05) is 122 Å². The Morgan fingerprint density at radius 1 is 0.519 bits per heavy atom. The van der Waals surface area contributed by atoms with E-state index in [-0.39, 0.29) is 6.71 Å². The largest absolute Gasteiger partial charge is 0.312 e. The number of benzene rings is 7. The highest BCUT2D eigenvalue weighted by atomic mass is 32.1. The Kier molecular flexibility index (Phi) is 5.82. The summed E-state index contributed by atoms with van der Waals surface area (Å²) in [7, 11) is -2.02. The van der Waals surface area contributed by atoms with Gasteiger partial charge in [0, 0.05) is 63.5 Å². The van der Waals surface area contributed by atoms with Gasteiger partial charge in [0.25, 0.3) is 6.71 Å². The van der Waals surface area contributed by atoms with Crippen LogP contribution in [0.5, 0.6) is 0 Å². The van der Waals surface area contributed by atoms with Crippen LogP contribution in [-0.4, -0.2) is 14.8 Å². The molecular formula is C46H31BN2S2Si. The molecule has 3 aliphatic rings. The zero-order valence-electron chi connectivity index (χ0n) is 28.7. The second-order valence-corrected chi connectivity index (χ2v) is 21.3. The summed E-state index contributed by atoms with van der Waals surface area (Å²) < 4.78 is 5.45. The van der Waals surface area contributed by atoms with Crippen molar-refractivity contribution in [3.8, 4) is 11.1 Å². The Morgan fingerprint density at radius 3 is 2.02 bits per heavy atom. The molecule has 6 heteroatoms. The van der Waals surface area contributed by atoms with Crippen LogP contribution in [0.15, 0.2) is 152 Å². The van der Waals surface area contributed by atoms with Crippen LogP contribution < -0.4 is 35.9 Å². The quantitative estimate of drug-likeness (QED) is 0.165. The Labute approximate surface area is 311 Å². The van der Waals surface area contributed by atoms with E-state index in [2.05, 4.69) is 175 Å². The molecule has 0 atom stereocenters. The number of nitrogens with zero attached hydrogens (tertiary/aromatic N) is 2. The third-order valence-corrected chi connectivity index (χ3v) is 17.8. The lowest BCUT2D eigenvalue weighted by molar-refractivity contribution is 1.27. The van der Waals surface area contributed by atoms with Gasteiger partial charge in [0.15, 0.2) is 0 Å². The maximum Gasteiger partial charge on any atom is 0.264 e. The van der Waals surface area contributed by atoms with Crippen LogP contribution in [-0.2, 0) is 0 Å². The molecule has 12 rings (SSSR count). The number of thiophene rings is 2. The SMILES string of the molecule is C[Si]1(C)c2ccccc2N2c3cc(-c4cccc5c4sc4ccccc45)cc4c3B(c3cccc1c32)c1sc2ccccc2c1N4c1ccccc1. The summed E-state index contributed by atoms with van der Waals surface area (Å²) >= 11 is 3.89. The number of fused-ring (bicyclic) bond motifs is 11. The van der Waals surface area contributed by atoms with Crippen LogP contribution in [0.25, 0.3) is 41.4 Å². The van der Waals surface area contributed by atoms with Crippen LogP contribution in [0.1, 0.15) is 0 Å². The molecule has 2 nitrogen and oxygen atoms in total. The van der Waals surface area contributed by atoms with E-state index < -0.39 is 8.07 Å². The van der Waals surface area contributed by atoms with Gasteiger partial charge in [-0.3, -0.25) is 0 Å². The summed E-state index contributed by atoms with van der Waals surface area (Å²) in [5.41, 5.74) is 13.2. The predicted octanol–water partition coefficient (Wildman–Crippen LogP) is 10.2. The van der Waals surface area contributed by atoms with Gasteiger partial charge in [0.05, 0.1) is 5.69 Å². The summed E-state index contributed by atoms with van der Waals surface area (Å²) in [6, 6.07) is 57.3. The molecule has 0 amide bonds. The standard InChI is InChI=1S/C46H31BN2S2Si/c1-52(2)40-24-11-8-21-35(40)49-37-27-28(30-18-12-19-32-31-16-6-9-22-38(31)50-45(30)32)26-36-42(37)47(34-20-13-25-41(52)44(34)49)46-43(33-17-7-10-23-39(33)51-46)48(36)29-14-4-3-5-15-29/h3-27H,1-2H3. The molecule has 0 radical (unpaired) electrons. The molecule has 0 fully saturated rings. The topological polar surface area (TPSA) is 6.48 Å². The van der Waals surface area contributed by atoms with Crippen LogP contribution in [0.2, 0.25) is 13.1 Å². The molecule has 0 spiro atoms. The highest BCUT2D eigenvalue weighted by molar-refractivity contribution is 7.34. The van der Waals surface area contributed by atoms with E-state index in [0.717, 1.165) is 0 Å². The van der Waals surface area contributed by atoms with Crippen LogP contribution in [0.3, 0.4) is 0 Å². The van der Waals surface area contributed by atoms with E-state index in [0.29, 0.717) is 0 Å². The summed E-state index contributed by atoms with van der Waals surface area (Å²) in [6.45, 7) is 5.22. The lowest BCUT2D eigenvalue weighted by atomic mass is 9.36. The average Bonchev–Trinajstić information content (AvgIpc) is 3.76. The first-order valence-corrected chi connectivity index (χ1v) is 22.7. The minimum Gasteiger partial charge on any atom is -0.312 e. The molecule has 0 unspecified atom stereocenters. The van der Waals surface area contributed by atoms with Crippen molar-refractivity contribution in [1.29, 1.82) is 0 Å². The highest BCUT2D eigenvalue weighted by Crippen LogP contribution is 2.50. The van der Waals surface area contributed by atoms with Gasteiger partial charge in [-0.05, 0) is 74.9 Å². The third kappa shape index (κ3) is 3.69. The molecule has 3 aliphatic heterocycles. The Bertz CT molecular complexity index is 2980. The Morgan fingerprint density at radius 2 is 1.17 bits per heavy atom. The predicted molar refractivity (Wildman–Crippen MR) is 231 cm³/mol. The maximum absolute atomic E-state index is 2.66. The van der Waals surface area contributed by atoms with Crippen LogP contribution in [0.4, 0.5) is 34.1 Å². The number of anilines is 6. The van der Waals surface area contributed by atoms with Gasteiger partial charge in [-0.2, -0.15) is 0 Å². The zero-order valence-corrected chi connectivity index (χ0v) is 31.4. The number of para-hydroxylation sites is 3. The van der Waals surface area contributed by atoms with Crippen molar-refractivity contribution in [2.24, 2.45) is 0 Å². The molecule has 0 N–H and O–H groups in total. The zero-order chi connectivity index (χ0) is 34.3. The molecule has 5 heterocycles. The minimum absolute atomic E-state index is 0.132. The third-order valence-electron chi connectivity index (χ3n) is 11.8. The second-order valence-electron chi connectivity index (χ2n) is 14.8. The first-order chi connectivity index (χ1) is 25.6. The van der Waals surface area contributed by atoms with E-state index in [9.17, 15) is 0 Å². The highest BCUT2D eigenvalue weighted by Gasteiger charge is 2.49. The molecule has 0 bridgehead atoms. The monoisotopic (exact) mass is 714 g/mol. The molecule has 244 valence electrons. The average molecular weight is 715 g/mol. The van der Waals surface area contributed by atoms with E-state index in [4.69, 9.17) is 0 Å². The lowest BCUT2D eigenvalue weighted by Gasteiger charge is -2.48. The number of hydrogen-bond acceptors (Lipinski definition) is 4. The molecule has 9 aromatic rings. The lowest BCUT2D eigenvalue weighted by Crippen LogP contribution is -2.67. The molecule has 52 heavy (non-hydrogen) atoms. The molecule has 0 saturated carbocycles. The molecule has 7 aromatic carbocycles. The number of rotatable bonds is 2. The van der Waals surface area contributed by atoms with Gasteiger partial charge < -0.3 is 9.80 Å². The van der Waals surface area contributed by atoms with Gasteiger partial charge in [0.2, 0.25) is 0 Å². The van der Waals surface area contributed by atoms with E-state index >= 15 is 0 Å². The Balaban J connectivity index is 1.26. The Hall–Kier alpha value is -5.40. The van der Waals surface area contributed by atoms with Gasteiger partial charge in [-0.25, -0.2) is 0 Å². The smallest absolute Gasteiger partial charge is 0.264 e. The summed E-state index contributed by atoms with van der Waals surface area (Å²) in [5.74, 6) is 0. The van der Waals surface area contributed by atoms with Crippen molar-refractivity contribution in [1.82, 2.24) is 0 Å². The minimum atomic E-state index is -2.02. The molecule has 0 saturated heterocycles.